The Hall–Kier alpha value is -0.760. The van der Waals surface area contributed by atoms with Crippen molar-refractivity contribution in [1.29, 1.82) is 0 Å². The van der Waals surface area contributed by atoms with Crippen molar-refractivity contribution in [3.05, 3.63) is 24.2 Å². The lowest BCUT2D eigenvalue weighted by Gasteiger charge is -2.04. The molecule has 1 N–H and O–H groups in total. The van der Waals surface area contributed by atoms with Crippen molar-refractivity contribution < 1.29 is 4.42 Å². The quantitative estimate of drug-likeness (QED) is 0.663. The van der Waals surface area contributed by atoms with Crippen LogP contribution in [0.5, 0.6) is 0 Å². The SMILES string of the molecule is C[C@@H]1CN[C@H](c2ccco2)C1. The molecule has 1 aliphatic rings. The first-order chi connectivity index (χ1) is 5.36. The van der Waals surface area contributed by atoms with Gasteiger partial charge in [0.2, 0.25) is 0 Å². The average molecular weight is 151 g/mol. The molecular weight excluding hydrogens is 138 g/mol. The summed E-state index contributed by atoms with van der Waals surface area (Å²) in [5.74, 6) is 1.86. The average Bonchev–Trinajstić information content (AvgIpc) is 2.55. The fraction of sp³-hybridized carbons (Fsp3) is 0.556. The maximum Gasteiger partial charge on any atom is 0.120 e. The number of nitrogens with one attached hydrogen (secondary N) is 1. The van der Waals surface area contributed by atoms with Crippen LogP contribution in [0.15, 0.2) is 22.8 Å². The fourth-order valence-corrected chi connectivity index (χ4v) is 1.62. The van der Waals surface area contributed by atoms with E-state index in [0.29, 0.717) is 6.04 Å². The molecule has 0 aliphatic carbocycles. The molecule has 60 valence electrons. The molecule has 1 aromatic rings. The van der Waals surface area contributed by atoms with E-state index < -0.39 is 0 Å². The topological polar surface area (TPSA) is 25.2 Å². The molecule has 2 rings (SSSR count). The van der Waals surface area contributed by atoms with Gasteiger partial charge in [-0.2, -0.15) is 0 Å². The van der Waals surface area contributed by atoms with Crippen molar-refractivity contribution in [2.45, 2.75) is 19.4 Å². The lowest BCUT2D eigenvalue weighted by atomic mass is 10.1. The molecule has 0 aromatic carbocycles. The minimum atomic E-state index is 0.458. The first-order valence-electron chi connectivity index (χ1n) is 4.13. The molecule has 1 aromatic heterocycles. The van der Waals surface area contributed by atoms with Gasteiger partial charge in [0.15, 0.2) is 0 Å². The molecule has 2 nitrogen and oxygen atoms in total. The van der Waals surface area contributed by atoms with Crippen molar-refractivity contribution in [1.82, 2.24) is 5.32 Å². The van der Waals surface area contributed by atoms with E-state index in [-0.39, 0.29) is 0 Å². The van der Waals surface area contributed by atoms with Gasteiger partial charge in [0.1, 0.15) is 5.76 Å². The van der Waals surface area contributed by atoms with Crippen LogP contribution < -0.4 is 5.32 Å². The Balaban J connectivity index is 2.08. The second kappa shape index (κ2) is 2.70. The van der Waals surface area contributed by atoms with Crippen LogP contribution in [0.1, 0.15) is 25.1 Å². The van der Waals surface area contributed by atoms with Crippen molar-refractivity contribution in [3.63, 3.8) is 0 Å². The number of furan rings is 1. The summed E-state index contributed by atoms with van der Waals surface area (Å²) < 4.78 is 5.30. The van der Waals surface area contributed by atoms with Crippen LogP contribution in [-0.2, 0) is 0 Å². The van der Waals surface area contributed by atoms with Crippen molar-refractivity contribution in [2.75, 3.05) is 6.54 Å². The second-order valence-corrected chi connectivity index (χ2v) is 3.32. The lowest BCUT2D eigenvalue weighted by Crippen LogP contribution is -2.12. The molecule has 0 bridgehead atoms. The molecule has 1 saturated heterocycles. The Bertz CT molecular complexity index is 217. The van der Waals surface area contributed by atoms with E-state index in [2.05, 4.69) is 12.2 Å². The highest BCUT2D eigenvalue weighted by Gasteiger charge is 2.23. The van der Waals surface area contributed by atoms with Crippen LogP contribution in [0.2, 0.25) is 0 Å². The maximum absolute atomic E-state index is 5.30. The Morgan fingerprint density at radius 3 is 3.09 bits per heavy atom. The molecule has 0 saturated carbocycles. The van der Waals surface area contributed by atoms with E-state index >= 15 is 0 Å². The highest BCUT2D eigenvalue weighted by molar-refractivity contribution is 5.06. The van der Waals surface area contributed by atoms with Crippen molar-refractivity contribution in [2.24, 2.45) is 5.92 Å². The monoisotopic (exact) mass is 151 g/mol. The predicted octanol–water partition coefficient (Wildman–Crippen LogP) is 1.95. The molecule has 1 fully saturated rings. The zero-order valence-corrected chi connectivity index (χ0v) is 6.71. The number of hydrogen-bond donors (Lipinski definition) is 1. The first-order valence-corrected chi connectivity index (χ1v) is 4.13. The van der Waals surface area contributed by atoms with E-state index in [9.17, 15) is 0 Å². The Kier molecular flexibility index (Phi) is 1.70. The second-order valence-electron chi connectivity index (χ2n) is 3.32. The molecule has 0 unspecified atom stereocenters. The van der Waals surface area contributed by atoms with Gasteiger partial charge in [-0.15, -0.1) is 0 Å². The minimum Gasteiger partial charge on any atom is -0.468 e. The molecule has 1 aliphatic heterocycles. The van der Waals surface area contributed by atoms with E-state index in [4.69, 9.17) is 4.42 Å². The van der Waals surface area contributed by atoms with E-state index in [1.165, 1.54) is 6.42 Å². The summed E-state index contributed by atoms with van der Waals surface area (Å²) in [6, 6.07) is 4.44. The summed E-state index contributed by atoms with van der Waals surface area (Å²) in [5.41, 5.74) is 0. The summed E-state index contributed by atoms with van der Waals surface area (Å²) in [7, 11) is 0. The Morgan fingerprint density at radius 1 is 1.64 bits per heavy atom. The van der Waals surface area contributed by atoms with Crippen LogP contribution in [0, 0.1) is 5.92 Å². The third-order valence-electron chi connectivity index (χ3n) is 2.24. The molecule has 0 spiro atoms. The summed E-state index contributed by atoms with van der Waals surface area (Å²) >= 11 is 0. The van der Waals surface area contributed by atoms with Gasteiger partial charge in [-0.3, -0.25) is 0 Å². The Labute approximate surface area is 66.6 Å². The van der Waals surface area contributed by atoms with Crippen LogP contribution >= 0.6 is 0 Å². The van der Waals surface area contributed by atoms with Crippen LogP contribution in [0.4, 0.5) is 0 Å². The van der Waals surface area contributed by atoms with Gasteiger partial charge in [0.25, 0.3) is 0 Å². The smallest absolute Gasteiger partial charge is 0.120 e. The predicted molar refractivity (Wildman–Crippen MR) is 43.2 cm³/mol. The van der Waals surface area contributed by atoms with Gasteiger partial charge >= 0.3 is 0 Å². The van der Waals surface area contributed by atoms with Gasteiger partial charge < -0.3 is 9.73 Å². The van der Waals surface area contributed by atoms with E-state index in [1.54, 1.807) is 6.26 Å². The van der Waals surface area contributed by atoms with Crippen LogP contribution in [-0.4, -0.2) is 6.54 Å². The van der Waals surface area contributed by atoms with Crippen molar-refractivity contribution >= 4 is 0 Å². The lowest BCUT2D eigenvalue weighted by molar-refractivity contribution is 0.441. The summed E-state index contributed by atoms with van der Waals surface area (Å²) in [6.07, 6.45) is 2.94. The summed E-state index contributed by atoms with van der Waals surface area (Å²) in [5, 5.41) is 3.42. The molecule has 2 atom stereocenters. The fourth-order valence-electron chi connectivity index (χ4n) is 1.62. The van der Waals surface area contributed by atoms with Crippen LogP contribution in [0.25, 0.3) is 0 Å². The maximum atomic E-state index is 5.30. The largest absolute Gasteiger partial charge is 0.468 e. The van der Waals surface area contributed by atoms with E-state index in [1.807, 2.05) is 12.1 Å². The molecular formula is C9H13NO. The molecule has 2 heteroatoms. The molecule has 2 heterocycles. The summed E-state index contributed by atoms with van der Waals surface area (Å²) in [4.78, 5) is 0. The third kappa shape index (κ3) is 1.31. The summed E-state index contributed by atoms with van der Waals surface area (Å²) in [6.45, 7) is 3.38. The zero-order chi connectivity index (χ0) is 7.68. The first kappa shape index (κ1) is 6.92. The molecule has 0 amide bonds. The highest BCUT2D eigenvalue weighted by atomic mass is 16.3. The number of hydrogen-bond acceptors (Lipinski definition) is 2. The minimum absolute atomic E-state index is 0.458. The third-order valence-corrected chi connectivity index (χ3v) is 2.24. The van der Waals surface area contributed by atoms with E-state index in [0.717, 1.165) is 18.2 Å². The van der Waals surface area contributed by atoms with Gasteiger partial charge in [0.05, 0.1) is 12.3 Å². The zero-order valence-electron chi connectivity index (χ0n) is 6.71. The Morgan fingerprint density at radius 2 is 2.55 bits per heavy atom. The van der Waals surface area contributed by atoms with Crippen molar-refractivity contribution in [3.8, 4) is 0 Å². The van der Waals surface area contributed by atoms with Crippen LogP contribution in [0.3, 0.4) is 0 Å². The van der Waals surface area contributed by atoms with Gasteiger partial charge in [0, 0.05) is 0 Å². The molecule has 11 heavy (non-hydrogen) atoms. The van der Waals surface area contributed by atoms with Gasteiger partial charge in [-0.1, -0.05) is 6.92 Å². The van der Waals surface area contributed by atoms with Gasteiger partial charge in [-0.25, -0.2) is 0 Å². The standard InChI is InChI=1S/C9H13NO/c1-7-5-8(10-6-7)9-3-2-4-11-9/h2-4,7-8,10H,5-6H2,1H3/t7-,8-/m0/s1. The highest BCUT2D eigenvalue weighted by Crippen LogP contribution is 2.26. The van der Waals surface area contributed by atoms with Gasteiger partial charge in [-0.05, 0) is 31.0 Å². The molecule has 0 radical (unpaired) electrons. The number of rotatable bonds is 1. The normalized spacial score (nSPS) is 31.0.